The van der Waals surface area contributed by atoms with Gasteiger partial charge in [-0.25, -0.2) is 0 Å². The van der Waals surface area contributed by atoms with Crippen LogP contribution >= 0.6 is 0 Å². The van der Waals surface area contributed by atoms with Crippen molar-refractivity contribution >= 4 is 17.3 Å². The molecule has 0 saturated carbocycles. The molecule has 1 aromatic rings. The Labute approximate surface area is 95.0 Å². The van der Waals surface area contributed by atoms with Gasteiger partial charge in [0.15, 0.2) is 0 Å². The maximum Gasteiger partial charge on any atom is 0.247 e. The average Bonchev–Trinajstić information content (AvgIpc) is 2.26. The Morgan fingerprint density at radius 1 is 1.38 bits per heavy atom. The Kier molecular flexibility index (Phi) is 3.10. The molecule has 1 aliphatic heterocycles. The summed E-state index contributed by atoms with van der Waals surface area (Å²) in [6.07, 6.45) is 0.676. The Hall–Kier alpha value is -1.55. The van der Waals surface area contributed by atoms with Crippen LogP contribution in [0.15, 0.2) is 18.2 Å². The average molecular weight is 220 g/mol. The first-order valence-corrected chi connectivity index (χ1v) is 5.37. The van der Waals surface area contributed by atoms with Crippen molar-refractivity contribution in [3.8, 4) is 0 Å². The maximum atomic E-state index is 11.7. The van der Waals surface area contributed by atoms with E-state index < -0.39 is 0 Å². The van der Waals surface area contributed by atoms with Crippen molar-refractivity contribution in [2.75, 3.05) is 24.4 Å². The fraction of sp³-hybridized carbons (Fsp3) is 0.417. The number of anilines is 2. The summed E-state index contributed by atoms with van der Waals surface area (Å²) in [5.74, 6) is 0.00940. The van der Waals surface area contributed by atoms with Crippen LogP contribution in [-0.2, 0) is 9.53 Å². The fourth-order valence-electron chi connectivity index (χ4n) is 1.80. The van der Waals surface area contributed by atoms with Gasteiger partial charge in [-0.1, -0.05) is 6.07 Å². The molecule has 0 bridgehead atoms. The lowest BCUT2D eigenvalue weighted by Crippen LogP contribution is -2.39. The summed E-state index contributed by atoms with van der Waals surface area (Å²) < 4.78 is 4.98. The molecule has 0 spiro atoms. The van der Waals surface area contributed by atoms with Crippen molar-refractivity contribution in [3.63, 3.8) is 0 Å². The number of hydrogen-bond donors (Lipinski definition) is 2. The molecule has 0 aromatic heterocycles. The molecule has 0 radical (unpaired) electrons. The van der Waals surface area contributed by atoms with E-state index in [0.29, 0.717) is 13.0 Å². The summed E-state index contributed by atoms with van der Waals surface area (Å²) in [6, 6.07) is 5.78. The lowest BCUT2D eigenvalue weighted by molar-refractivity contribution is -0.117. The van der Waals surface area contributed by atoms with Crippen LogP contribution < -0.4 is 10.6 Å². The maximum absolute atomic E-state index is 11.7. The van der Waals surface area contributed by atoms with Gasteiger partial charge in [-0.05, 0) is 31.0 Å². The normalized spacial score (nSPS) is 18.6. The van der Waals surface area contributed by atoms with Crippen molar-refractivity contribution in [2.24, 2.45) is 0 Å². The molecule has 1 atom stereocenters. The minimum absolute atomic E-state index is 0.00940. The van der Waals surface area contributed by atoms with Gasteiger partial charge in [0.2, 0.25) is 5.91 Å². The predicted octanol–water partition coefficient (Wildman–Crippen LogP) is 1.76. The molecule has 1 aromatic carbocycles. The molecule has 2 rings (SSSR count). The van der Waals surface area contributed by atoms with Gasteiger partial charge in [-0.15, -0.1) is 0 Å². The first kappa shape index (κ1) is 11.0. The monoisotopic (exact) mass is 220 g/mol. The van der Waals surface area contributed by atoms with Gasteiger partial charge < -0.3 is 15.4 Å². The standard InChI is InChI=1S/C12H16N2O2/c1-8-3-4-9-11(7-8)14-12(15)10(13-9)5-6-16-2/h3-4,7,10,13H,5-6H2,1-2H3,(H,14,15). The highest BCUT2D eigenvalue weighted by atomic mass is 16.5. The van der Waals surface area contributed by atoms with Crippen molar-refractivity contribution in [2.45, 2.75) is 19.4 Å². The van der Waals surface area contributed by atoms with Crippen LogP contribution in [0.25, 0.3) is 0 Å². The van der Waals surface area contributed by atoms with E-state index in [1.807, 2.05) is 25.1 Å². The van der Waals surface area contributed by atoms with E-state index in [2.05, 4.69) is 10.6 Å². The number of carbonyl (C=O) groups is 1. The number of benzene rings is 1. The quantitative estimate of drug-likeness (QED) is 0.816. The highest BCUT2D eigenvalue weighted by molar-refractivity contribution is 6.03. The second kappa shape index (κ2) is 4.53. The number of fused-ring (bicyclic) bond motifs is 1. The number of nitrogens with one attached hydrogen (secondary N) is 2. The molecule has 1 amide bonds. The van der Waals surface area contributed by atoms with Crippen molar-refractivity contribution < 1.29 is 9.53 Å². The van der Waals surface area contributed by atoms with Crippen LogP contribution in [0.2, 0.25) is 0 Å². The van der Waals surface area contributed by atoms with Gasteiger partial charge in [0, 0.05) is 13.7 Å². The summed E-state index contributed by atoms with van der Waals surface area (Å²) in [5, 5.41) is 6.12. The first-order valence-electron chi connectivity index (χ1n) is 5.37. The van der Waals surface area contributed by atoms with Crippen LogP contribution in [0.4, 0.5) is 11.4 Å². The number of amides is 1. The summed E-state index contributed by atoms with van der Waals surface area (Å²) >= 11 is 0. The second-order valence-electron chi connectivity index (χ2n) is 4.02. The van der Waals surface area contributed by atoms with E-state index in [-0.39, 0.29) is 11.9 Å². The molecule has 1 aliphatic rings. The largest absolute Gasteiger partial charge is 0.385 e. The molecule has 1 unspecified atom stereocenters. The molecule has 0 fully saturated rings. The fourth-order valence-corrected chi connectivity index (χ4v) is 1.80. The third-order valence-corrected chi connectivity index (χ3v) is 2.69. The summed E-state index contributed by atoms with van der Waals surface area (Å²) in [6.45, 7) is 2.58. The minimum atomic E-state index is -0.199. The molecule has 16 heavy (non-hydrogen) atoms. The van der Waals surface area contributed by atoms with Crippen molar-refractivity contribution in [3.05, 3.63) is 23.8 Å². The van der Waals surface area contributed by atoms with E-state index in [1.54, 1.807) is 7.11 Å². The van der Waals surface area contributed by atoms with Crippen LogP contribution in [0.5, 0.6) is 0 Å². The van der Waals surface area contributed by atoms with Gasteiger partial charge in [-0.2, -0.15) is 0 Å². The molecule has 4 heteroatoms. The molecule has 0 saturated heterocycles. The van der Waals surface area contributed by atoms with Crippen molar-refractivity contribution in [1.29, 1.82) is 0 Å². The Balaban J connectivity index is 2.15. The Morgan fingerprint density at radius 3 is 2.94 bits per heavy atom. The third-order valence-electron chi connectivity index (χ3n) is 2.69. The lowest BCUT2D eigenvalue weighted by atomic mass is 10.1. The van der Waals surface area contributed by atoms with Crippen LogP contribution in [0, 0.1) is 6.92 Å². The van der Waals surface area contributed by atoms with Crippen LogP contribution in [-0.4, -0.2) is 25.7 Å². The molecular weight excluding hydrogens is 204 g/mol. The Bertz CT molecular complexity index is 404. The lowest BCUT2D eigenvalue weighted by Gasteiger charge is -2.26. The highest BCUT2D eigenvalue weighted by Crippen LogP contribution is 2.28. The SMILES string of the molecule is COCCC1Nc2ccc(C)cc2NC1=O. The zero-order valence-electron chi connectivity index (χ0n) is 9.54. The minimum Gasteiger partial charge on any atom is -0.385 e. The smallest absolute Gasteiger partial charge is 0.247 e. The number of carbonyl (C=O) groups excluding carboxylic acids is 1. The van der Waals surface area contributed by atoms with Crippen molar-refractivity contribution in [1.82, 2.24) is 0 Å². The first-order chi connectivity index (χ1) is 7.70. The van der Waals surface area contributed by atoms with E-state index >= 15 is 0 Å². The summed E-state index contributed by atoms with van der Waals surface area (Å²) in [7, 11) is 1.64. The number of aryl methyl sites for hydroxylation is 1. The zero-order valence-corrected chi connectivity index (χ0v) is 9.54. The van der Waals surface area contributed by atoms with E-state index in [0.717, 1.165) is 16.9 Å². The van der Waals surface area contributed by atoms with Gasteiger partial charge >= 0.3 is 0 Å². The van der Waals surface area contributed by atoms with Gasteiger partial charge in [0.05, 0.1) is 11.4 Å². The van der Waals surface area contributed by atoms with E-state index in [1.165, 1.54) is 0 Å². The van der Waals surface area contributed by atoms with E-state index in [9.17, 15) is 4.79 Å². The molecule has 1 heterocycles. The molecule has 2 N–H and O–H groups in total. The summed E-state index contributed by atoms with van der Waals surface area (Å²) in [5.41, 5.74) is 2.97. The second-order valence-corrected chi connectivity index (χ2v) is 4.02. The number of methoxy groups -OCH3 is 1. The molecule has 86 valence electrons. The van der Waals surface area contributed by atoms with Gasteiger partial charge in [0.1, 0.15) is 6.04 Å². The highest BCUT2D eigenvalue weighted by Gasteiger charge is 2.24. The van der Waals surface area contributed by atoms with Crippen LogP contribution in [0.3, 0.4) is 0 Å². The number of ether oxygens (including phenoxy) is 1. The Morgan fingerprint density at radius 2 is 2.19 bits per heavy atom. The number of hydrogen-bond acceptors (Lipinski definition) is 3. The topological polar surface area (TPSA) is 50.4 Å². The zero-order chi connectivity index (χ0) is 11.5. The van der Waals surface area contributed by atoms with Crippen LogP contribution in [0.1, 0.15) is 12.0 Å². The molecule has 4 nitrogen and oxygen atoms in total. The molecular formula is C12H16N2O2. The predicted molar refractivity (Wildman–Crippen MR) is 63.7 cm³/mol. The number of rotatable bonds is 3. The van der Waals surface area contributed by atoms with Gasteiger partial charge in [0.25, 0.3) is 0 Å². The van der Waals surface area contributed by atoms with Gasteiger partial charge in [-0.3, -0.25) is 4.79 Å². The summed E-state index contributed by atoms with van der Waals surface area (Å²) in [4.78, 5) is 11.7. The molecule has 0 aliphatic carbocycles. The third kappa shape index (κ3) is 2.17. The van der Waals surface area contributed by atoms with E-state index in [4.69, 9.17) is 4.74 Å².